The number of carboxylic acid groups (broad SMARTS) is 1. The number of carbonyl (C=O) groups is 2. The van der Waals surface area contributed by atoms with Gasteiger partial charge in [0.15, 0.2) is 0 Å². The van der Waals surface area contributed by atoms with Crippen molar-refractivity contribution in [1.29, 1.82) is 0 Å². The second-order valence-electron chi connectivity index (χ2n) is 4.31. The quantitative estimate of drug-likeness (QED) is 0.738. The van der Waals surface area contributed by atoms with Crippen LogP contribution in [0.1, 0.15) is 16.8 Å². The summed E-state index contributed by atoms with van der Waals surface area (Å²) in [4.78, 5) is 22.7. The summed E-state index contributed by atoms with van der Waals surface area (Å²) in [6, 6.07) is 3.85. The van der Waals surface area contributed by atoms with Crippen molar-refractivity contribution >= 4 is 23.5 Å². The topological polar surface area (TPSA) is 86.6 Å². The molecular weight excluding hydrogens is 270 g/mol. The molecule has 0 aromatic heterocycles. The third-order valence-electron chi connectivity index (χ3n) is 2.92. The highest BCUT2D eigenvalue weighted by Crippen LogP contribution is 2.23. The first kappa shape index (κ1) is 13.4. The number of phenols is 1. The fourth-order valence-electron chi connectivity index (χ4n) is 1.93. The molecule has 0 saturated carbocycles. The van der Waals surface area contributed by atoms with E-state index in [1.165, 1.54) is 18.2 Å². The highest BCUT2D eigenvalue weighted by molar-refractivity contribution is 6.30. The average molecular weight is 282 g/mol. The van der Waals surface area contributed by atoms with Gasteiger partial charge in [-0.05, 0) is 24.6 Å². The SMILES string of the molecule is O=C(NC1C=CC(C(=O)O)C1)c1ccc(Cl)cc1O. The zero-order valence-electron chi connectivity index (χ0n) is 9.84. The van der Waals surface area contributed by atoms with Crippen molar-refractivity contribution in [2.45, 2.75) is 12.5 Å². The number of carbonyl (C=O) groups excluding carboxylic acids is 1. The Kier molecular flexibility index (Phi) is 3.76. The minimum absolute atomic E-state index is 0.108. The van der Waals surface area contributed by atoms with Crippen LogP contribution in [-0.2, 0) is 4.79 Å². The lowest BCUT2D eigenvalue weighted by Gasteiger charge is -2.12. The summed E-state index contributed by atoms with van der Waals surface area (Å²) in [5, 5.41) is 21.4. The number of nitrogens with one attached hydrogen (secondary N) is 1. The predicted octanol–water partition coefficient (Wildman–Crippen LogP) is 1.80. The van der Waals surface area contributed by atoms with Gasteiger partial charge in [-0.2, -0.15) is 0 Å². The Hall–Kier alpha value is -2.01. The summed E-state index contributed by atoms with van der Waals surface area (Å²) in [7, 11) is 0. The molecule has 1 aromatic carbocycles. The Morgan fingerprint density at radius 1 is 1.32 bits per heavy atom. The molecule has 5 nitrogen and oxygen atoms in total. The number of aliphatic carboxylic acids is 1. The highest BCUT2D eigenvalue weighted by Gasteiger charge is 2.26. The van der Waals surface area contributed by atoms with Crippen molar-refractivity contribution in [2.24, 2.45) is 5.92 Å². The maximum atomic E-state index is 11.9. The van der Waals surface area contributed by atoms with E-state index in [2.05, 4.69) is 5.32 Å². The molecule has 2 atom stereocenters. The first-order valence-corrected chi connectivity index (χ1v) is 6.05. The van der Waals surface area contributed by atoms with Crippen LogP contribution in [0, 0.1) is 5.92 Å². The van der Waals surface area contributed by atoms with E-state index in [1.54, 1.807) is 12.2 Å². The maximum absolute atomic E-state index is 11.9. The molecule has 0 fully saturated rings. The van der Waals surface area contributed by atoms with E-state index in [1.807, 2.05) is 0 Å². The van der Waals surface area contributed by atoms with Gasteiger partial charge in [0, 0.05) is 11.1 Å². The number of benzene rings is 1. The summed E-state index contributed by atoms with van der Waals surface area (Å²) in [5.41, 5.74) is 0.108. The number of carboxylic acids is 1. The standard InChI is InChI=1S/C13H12ClNO4/c14-8-2-4-10(11(16)6-8)12(17)15-9-3-1-7(5-9)13(18)19/h1-4,6-7,9,16H,5H2,(H,15,17)(H,18,19). The summed E-state index contributed by atoms with van der Waals surface area (Å²) >= 11 is 5.68. The normalized spacial score (nSPS) is 21.3. The molecule has 1 aromatic rings. The molecule has 0 saturated heterocycles. The monoisotopic (exact) mass is 281 g/mol. The van der Waals surface area contributed by atoms with E-state index in [0.717, 1.165) is 0 Å². The van der Waals surface area contributed by atoms with Crippen molar-refractivity contribution < 1.29 is 19.8 Å². The van der Waals surface area contributed by atoms with Gasteiger partial charge in [0.05, 0.1) is 11.5 Å². The van der Waals surface area contributed by atoms with Crippen molar-refractivity contribution in [1.82, 2.24) is 5.32 Å². The van der Waals surface area contributed by atoms with Crippen LogP contribution >= 0.6 is 11.6 Å². The van der Waals surface area contributed by atoms with Gasteiger partial charge in [-0.1, -0.05) is 23.8 Å². The van der Waals surface area contributed by atoms with E-state index in [0.29, 0.717) is 11.4 Å². The molecule has 0 bridgehead atoms. The van der Waals surface area contributed by atoms with E-state index in [-0.39, 0.29) is 17.4 Å². The zero-order chi connectivity index (χ0) is 14.0. The van der Waals surface area contributed by atoms with Gasteiger partial charge in [-0.15, -0.1) is 0 Å². The summed E-state index contributed by atoms with van der Waals surface area (Å²) < 4.78 is 0. The molecule has 1 amide bonds. The first-order chi connectivity index (χ1) is 8.97. The zero-order valence-corrected chi connectivity index (χ0v) is 10.6. The number of hydrogen-bond donors (Lipinski definition) is 3. The molecule has 1 aliphatic rings. The number of amides is 1. The van der Waals surface area contributed by atoms with Crippen LogP contribution in [-0.4, -0.2) is 28.1 Å². The van der Waals surface area contributed by atoms with E-state index in [9.17, 15) is 14.7 Å². The predicted molar refractivity (Wildman–Crippen MR) is 69.3 cm³/mol. The van der Waals surface area contributed by atoms with Crippen LogP contribution in [0.5, 0.6) is 5.75 Å². The molecule has 0 spiro atoms. The molecule has 0 heterocycles. The lowest BCUT2D eigenvalue weighted by molar-refractivity contribution is -0.140. The number of hydrogen-bond acceptors (Lipinski definition) is 3. The second-order valence-corrected chi connectivity index (χ2v) is 4.74. The lowest BCUT2D eigenvalue weighted by Crippen LogP contribution is -2.33. The summed E-state index contributed by atoms with van der Waals surface area (Å²) in [6.45, 7) is 0. The molecule has 19 heavy (non-hydrogen) atoms. The van der Waals surface area contributed by atoms with Crippen LogP contribution < -0.4 is 5.32 Å². The van der Waals surface area contributed by atoms with Gasteiger partial charge in [-0.3, -0.25) is 9.59 Å². The summed E-state index contributed by atoms with van der Waals surface area (Å²) in [6.07, 6.45) is 3.51. The van der Waals surface area contributed by atoms with Crippen LogP contribution in [0.15, 0.2) is 30.4 Å². The Labute approximate surface area is 114 Å². The first-order valence-electron chi connectivity index (χ1n) is 5.68. The third-order valence-corrected chi connectivity index (χ3v) is 3.16. The molecule has 6 heteroatoms. The minimum Gasteiger partial charge on any atom is -0.507 e. The molecule has 2 rings (SSSR count). The number of halogens is 1. The van der Waals surface area contributed by atoms with E-state index < -0.39 is 17.8 Å². The third kappa shape index (κ3) is 3.06. The van der Waals surface area contributed by atoms with Crippen LogP contribution in [0.25, 0.3) is 0 Å². The van der Waals surface area contributed by atoms with Gasteiger partial charge in [0.25, 0.3) is 5.91 Å². The van der Waals surface area contributed by atoms with Gasteiger partial charge >= 0.3 is 5.97 Å². The Morgan fingerprint density at radius 2 is 2.05 bits per heavy atom. The molecule has 100 valence electrons. The fraction of sp³-hybridized carbons (Fsp3) is 0.231. The van der Waals surface area contributed by atoms with Crippen molar-refractivity contribution in [3.8, 4) is 5.75 Å². The maximum Gasteiger partial charge on any atom is 0.310 e. The van der Waals surface area contributed by atoms with E-state index >= 15 is 0 Å². The van der Waals surface area contributed by atoms with Crippen LogP contribution in [0.4, 0.5) is 0 Å². The smallest absolute Gasteiger partial charge is 0.310 e. The minimum atomic E-state index is -0.915. The molecular formula is C13H12ClNO4. The van der Waals surface area contributed by atoms with E-state index in [4.69, 9.17) is 16.7 Å². The molecule has 1 aliphatic carbocycles. The Morgan fingerprint density at radius 3 is 2.63 bits per heavy atom. The van der Waals surface area contributed by atoms with Crippen molar-refractivity contribution in [3.63, 3.8) is 0 Å². The average Bonchev–Trinajstić information content (AvgIpc) is 2.77. The molecule has 0 radical (unpaired) electrons. The number of phenolic OH excluding ortho intramolecular Hbond substituents is 1. The molecule has 2 unspecified atom stereocenters. The van der Waals surface area contributed by atoms with Gasteiger partial charge in [0.1, 0.15) is 5.75 Å². The van der Waals surface area contributed by atoms with Crippen molar-refractivity contribution in [3.05, 3.63) is 40.9 Å². The Balaban J connectivity index is 2.03. The lowest BCUT2D eigenvalue weighted by atomic mass is 10.1. The molecule has 0 aliphatic heterocycles. The van der Waals surface area contributed by atoms with Crippen LogP contribution in [0.2, 0.25) is 5.02 Å². The fourth-order valence-corrected chi connectivity index (χ4v) is 2.10. The largest absolute Gasteiger partial charge is 0.507 e. The number of rotatable bonds is 3. The second kappa shape index (κ2) is 5.32. The summed E-state index contributed by atoms with van der Waals surface area (Å²) in [5.74, 6) is -2.16. The van der Waals surface area contributed by atoms with Crippen LogP contribution in [0.3, 0.4) is 0 Å². The number of aromatic hydroxyl groups is 1. The Bertz CT molecular complexity index is 556. The molecule has 3 N–H and O–H groups in total. The van der Waals surface area contributed by atoms with Gasteiger partial charge in [0.2, 0.25) is 0 Å². The van der Waals surface area contributed by atoms with Gasteiger partial charge < -0.3 is 15.5 Å². The van der Waals surface area contributed by atoms with Crippen molar-refractivity contribution in [2.75, 3.05) is 0 Å². The highest BCUT2D eigenvalue weighted by atomic mass is 35.5. The van der Waals surface area contributed by atoms with Gasteiger partial charge in [-0.25, -0.2) is 0 Å².